The molecule has 1 fully saturated rings. The van der Waals surface area contributed by atoms with Gasteiger partial charge in [0.15, 0.2) is 5.13 Å². The summed E-state index contributed by atoms with van der Waals surface area (Å²) in [6, 6.07) is 0.424. The van der Waals surface area contributed by atoms with E-state index in [-0.39, 0.29) is 0 Å². The maximum atomic E-state index is 11.0. The zero-order valence-electron chi connectivity index (χ0n) is 11.6. The highest BCUT2D eigenvalue weighted by atomic mass is 32.1. The van der Waals surface area contributed by atoms with Crippen LogP contribution in [-0.4, -0.2) is 22.1 Å². The van der Waals surface area contributed by atoms with Crippen LogP contribution >= 0.6 is 11.3 Å². The van der Waals surface area contributed by atoms with Gasteiger partial charge in [-0.2, -0.15) is 0 Å². The molecule has 2 rings (SSSR count). The quantitative estimate of drug-likeness (QED) is 0.859. The van der Waals surface area contributed by atoms with Crippen LogP contribution in [0, 0.1) is 12.8 Å². The molecule has 0 aliphatic heterocycles. The predicted molar refractivity (Wildman–Crippen MR) is 78.1 cm³/mol. The Hall–Kier alpha value is -1.10. The summed E-state index contributed by atoms with van der Waals surface area (Å²) in [5.74, 6) is -0.176. The summed E-state index contributed by atoms with van der Waals surface area (Å²) < 4.78 is 0. The number of rotatable bonds is 5. The Balaban J connectivity index is 2.05. The predicted octanol–water partition coefficient (Wildman–Crippen LogP) is 3.92. The van der Waals surface area contributed by atoms with E-state index in [1.807, 2.05) is 0 Å². The van der Waals surface area contributed by atoms with Crippen LogP contribution in [0.5, 0.6) is 0 Å². The van der Waals surface area contributed by atoms with Gasteiger partial charge in [-0.1, -0.05) is 37.5 Å². The zero-order chi connectivity index (χ0) is 13.8. The second kappa shape index (κ2) is 6.37. The number of aryl methyl sites for hydroxylation is 1. The van der Waals surface area contributed by atoms with Gasteiger partial charge in [-0.05, 0) is 32.1 Å². The molecule has 106 valence electrons. The van der Waals surface area contributed by atoms with E-state index in [0.717, 1.165) is 11.6 Å². The largest absolute Gasteiger partial charge is 0.477 e. The van der Waals surface area contributed by atoms with E-state index in [1.54, 1.807) is 6.92 Å². The Labute approximate surface area is 118 Å². The Kier molecular flexibility index (Phi) is 4.80. The van der Waals surface area contributed by atoms with E-state index >= 15 is 0 Å². The molecule has 1 aromatic rings. The lowest BCUT2D eigenvalue weighted by Gasteiger charge is -2.30. The van der Waals surface area contributed by atoms with E-state index in [0.29, 0.717) is 22.5 Å². The highest BCUT2D eigenvalue weighted by molar-refractivity contribution is 7.17. The summed E-state index contributed by atoms with van der Waals surface area (Å²) in [7, 11) is 0. The van der Waals surface area contributed by atoms with Crippen molar-refractivity contribution in [3.05, 3.63) is 10.6 Å². The van der Waals surface area contributed by atoms with Crippen LogP contribution in [0.1, 0.15) is 60.8 Å². The Morgan fingerprint density at radius 2 is 2.16 bits per heavy atom. The Morgan fingerprint density at radius 3 is 2.68 bits per heavy atom. The third-order valence-electron chi connectivity index (χ3n) is 3.96. The topological polar surface area (TPSA) is 62.2 Å². The monoisotopic (exact) mass is 282 g/mol. The van der Waals surface area contributed by atoms with E-state index in [4.69, 9.17) is 5.11 Å². The molecular weight excluding hydrogens is 260 g/mol. The SMILES string of the molecule is CCC(Nc1nc(C)c(C(=O)O)s1)C1CCCCC1. The van der Waals surface area contributed by atoms with E-state index in [1.165, 1.54) is 43.4 Å². The van der Waals surface area contributed by atoms with Crippen LogP contribution in [0.3, 0.4) is 0 Å². The highest BCUT2D eigenvalue weighted by Gasteiger charge is 2.24. The van der Waals surface area contributed by atoms with Gasteiger partial charge in [-0.25, -0.2) is 9.78 Å². The first-order chi connectivity index (χ1) is 9.11. The van der Waals surface area contributed by atoms with Crippen LogP contribution in [0.15, 0.2) is 0 Å². The molecule has 1 aliphatic carbocycles. The van der Waals surface area contributed by atoms with E-state index < -0.39 is 5.97 Å². The third-order valence-corrected chi connectivity index (χ3v) is 5.04. The average Bonchev–Trinajstić information content (AvgIpc) is 2.78. The molecule has 1 aromatic heterocycles. The van der Waals surface area contributed by atoms with Crippen molar-refractivity contribution in [2.45, 2.75) is 58.4 Å². The normalized spacial score (nSPS) is 18.2. The molecule has 1 saturated carbocycles. The number of carboxylic acids is 1. The average molecular weight is 282 g/mol. The number of nitrogens with one attached hydrogen (secondary N) is 1. The van der Waals surface area contributed by atoms with Crippen LogP contribution in [-0.2, 0) is 0 Å². The maximum absolute atomic E-state index is 11.0. The van der Waals surface area contributed by atoms with Crippen LogP contribution in [0.4, 0.5) is 5.13 Å². The number of aromatic nitrogens is 1. The second-order valence-corrected chi connectivity index (χ2v) is 6.29. The minimum absolute atomic E-state index is 0.348. The molecule has 0 bridgehead atoms. The van der Waals surface area contributed by atoms with Gasteiger partial charge in [0.1, 0.15) is 4.88 Å². The molecule has 19 heavy (non-hydrogen) atoms. The number of carbonyl (C=O) groups is 1. The fourth-order valence-electron chi connectivity index (χ4n) is 2.90. The molecule has 0 spiro atoms. The number of hydrogen-bond acceptors (Lipinski definition) is 4. The van der Waals surface area contributed by atoms with Crippen molar-refractivity contribution in [2.24, 2.45) is 5.92 Å². The van der Waals surface area contributed by atoms with Crippen molar-refractivity contribution < 1.29 is 9.90 Å². The Morgan fingerprint density at radius 1 is 1.47 bits per heavy atom. The molecule has 0 aromatic carbocycles. The van der Waals surface area contributed by atoms with Gasteiger partial charge in [0.25, 0.3) is 0 Å². The van der Waals surface area contributed by atoms with Crippen molar-refractivity contribution in [3.8, 4) is 0 Å². The van der Waals surface area contributed by atoms with Crippen LogP contribution in [0.25, 0.3) is 0 Å². The summed E-state index contributed by atoms with van der Waals surface area (Å²) >= 11 is 1.25. The number of aromatic carboxylic acids is 1. The Bertz CT molecular complexity index is 439. The number of carboxylic acid groups (broad SMARTS) is 1. The van der Waals surface area contributed by atoms with E-state index in [9.17, 15) is 4.79 Å². The summed E-state index contributed by atoms with van der Waals surface area (Å²) in [5, 5.41) is 13.3. The number of nitrogens with zero attached hydrogens (tertiary/aromatic N) is 1. The van der Waals surface area contributed by atoms with Gasteiger partial charge >= 0.3 is 5.97 Å². The molecule has 0 radical (unpaired) electrons. The fourth-order valence-corrected chi connectivity index (χ4v) is 3.77. The molecule has 0 saturated heterocycles. The van der Waals surface area contributed by atoms with Crippen molar-refractivity contribution in [2.75, 3.05) is 5.32 Å². The number of anilines is 1. The highest BCUT2D eigenvalue weighted by Crippen LogP contribution is 2.31. The first kappa shape index (κ1) is 14.3. The minimum atomic E-state index is -0.881. The summed E-state index contributed by atoms with van der Waals surface area (Å²) in [6.07, 6.45) is 7.61. The lowest BCUT2D eigenvalue weighted by molar-refractivity contribution is 0.0701. The second-order valence-electron chi connectivity index (χ2n) is 5.30. The van der Waals surface area contributed by atoms with Gasteiger partial charge < -0.3 is 10.4 Å². The maximum Gasteiger partial charge on any atom is 0.347 e. The molecule has 0 amide bonds. The van der Waals surface area contributed by atoms with Crippen molar-refractivity contribution in [1.82, 2.24) is 4.98 Å². The molecule has 5 heteroatoms. The molecule has 1 unspecified atom stereocenters. The minimum Gasteiger partial charge on any atom is -0.477 e. The van der Waals surface area contributed by atoms with Gasteiger partial charge in [0.05, 0.1) is 5.69 Å². The molecular formula is C14H22N2O2S. The fraction of sp³-hybridized carbons (Fsp3) is 0.714. The zero-order valence-corrected chi connectivity index (χ0v) is 12.4. The lowest BCUT2D eigenvalue weighted by Crippen LogP contribution is -2.30. The molecule has 1 atom stereocenters. The van der Waals surface area contributed by atoms with Gasteiger partial charge in [0.2, 0.25) is 0 Å². The first-order valence-corrected chi connectivity index (χ1v) is 7.90. The summed E-state index contributed by atoms with van der Waals surface area (Å²) in [4.78, 5) is 15.7. The summed E-state index contributed by atoms with van der Waals surface area (Å²) in [5.41, 5.74) is 0.610. The van der Waals surface area contributed by atoms with E-state index in [2.05, 4.69) is 17.2 Å². The number of hydrogen-bond donors (Lipinski definition) is 2. The number of thiazole rings is 1. The van der Waals surface area contributed by atoms with Crippen molar-refractivity contribution >= 4 is 22.4 Å². The van der Waals surface area contributed by atoms with Crippen molar-refractivity contribution in [1.29, 1.82) is 0 Å². The molecule has 2 N–H and O–H groups in total. The van der Waals surface area contributed by atoms with Gasteiger partial charge in [-0.3, -0.25) is 0 Å². The molecule has 1 aliphatic rings. The van der Waals surface area contributed by atoms with Crippen LogP contribution < -0.4 is 5.32 Å². The molecule has 1 heterocycles. The summed E-state index contributed by atoms with van der Waals surface area (Å²) in [6.45, 7) is 3.94. The van der Waals surface area contributed by atoms with Gasteiger partial charge in [-0.15, -0.1) is 0 Å². The van der Waals surface area contributed by atoms with Gasteiger partial charge in [0, 0.05) is 6.04 Å². The van der Waals surface area contributed by atoms with Crippen molar-refractivity contribution in [3.63, 3.8) is 0 Å². The standard InChI is InChI=1S/C14H22N2O2S/c1-3-11(10-7-5-4-6-8-10)16-14-15-9(2)12(19-14)13(17)18/h10-11H,3-8H2,1-2H3,(H,15,16)(H,17,18). The first-order valence-electron chi connectivity index (χ1n) is 7.09. The molecule has 4 nitrogen and oxygen atoms in total. The smallest absolute Gasteiger partial charge is 0.347 e. The lowest BCUT2D eigenvalue weighted by atomic mass is 9.83. The van der Waals surface area contributed by atoms with Crippen LogP contribution in [0.2, 0.25) is 0 Å². The third kappa shape index (κ3) is 3.47.